The minimum Gasteiger partial charge on any atom is -0.464 e. The normalized spacial score (nSPS) is 15.4. The van der Waals surface area contributed by atoms with E-state index in [1.54, 1.807) is 0 Å². The highest BCUT2D eigenvalue weighted by Crippen LogP contribution is 2.54. The van der Waals surface area contributed by atoms with Crippen LogP contribution in [0.15, 0.2) is 150 Å². The molecule has 1 aliphatic carbocycles. The first-order valence-electron chi connectivity index (χ1n) is 17.7. The van der Waals surface area contributed by atoms with Gasteiger partial charge in [0.2, 0.25) is 5.89 Å². The Balaban J connectivity index is 1.02. The fourth-order valence-electron chi connectivity index (χ4n) is 8.29. The van der Waals surface area contributed by atoms with Crippen LogP contribution in [0.4, 0.5) is 5.69 Å². The molecule has 1 N–H and O–H groups in total. The number of hydrogen-bond donors (Lipinski definition) is 1. The number of para-hydroxylation sites is 4. The molecular weight excluding hydrogens is 657 g/mol. The lowest BCUT2D eigenvalue weighted by atomic mass is 9.81. The monoisotopic (exact) mass is 688 g/mol. The van der Waals surface area contributed by atoms with E-state index in [9.17, 15) is 0 Å². The number of nitrogens with one attached hydrogen (secondary N) is 1. The van der Waals surface area contributed by atoms with Gasteiger partial charge in [-0.2, -0.15) is 0 Å². The van der Waals surface area contributed by atoms with Gasteiger partial charge < -0.3 is 14.5 Å². The molecule has 0 bridgehead atoms. The van der Waals surface area contributed by atoms with Crippen molar-refractivity contribution in [2.24, 2.45) is 0 Å². The maximum Gasteiger partial charge on any atom is 0.227 e. The van der Waals surface area contributed by atoms with Crippen molar-refractivity contribution < 1.29 is 9.15 Å². The molecule has 11 rings (SSSR count). The molecule has 0 fully saturated rings. The molecule has 0 saturated heterocycles. The highest BCUT2D eigenvalue weighted by atomic mass is 32.1. The zero-order valence-electron chi connectivity index (χ0n) is 28.6. The van der Waals surface area contributed by atoms with Crippen LogP contribution in [-0.4, -0.2) is 4.98 Å². The summed E-state index contributed by atoms with van der Waals surface area (Å²) in [5, 5.41) is 6.25. The van der Waals surface area contributed by atoms with Crippen LogP contribution < -0.4 is 10.1 Å². The zero-order valence-corrected chi connectivity index (χ0v) is 29.4. The van der Waals surface area contributed by atoms with Crippen LogP contribution in [0.1, 0.15) is 36.8 Å². The average molecular weight is 689 g/mol. The predicted octanol–water partition coefficient (Wildman–Crippen LogP) is 13.0. The summed E-state index contributed by atoms with van der Waals surface area (Å²) in [6.07, 6.45) is -0.336. The Morgan fingerprint density at radius 3 is 2.31 bits per heavy atom. The lowest BCUT2D eigenvalue weighted by molar-refractivity contribution is 0.260. The lowest BCUT2D eigenvalue weighted by Gasteiger charge is -2.22. The molecule has 3 heterocycles. The number of aromatic nitrogens is 1. The number of thiophene rings is 1. The molecule has 0 amide bonds. The number of nitrogens with zero attached hydrogens (tertiary/aromatic N) is 1. The largest absolute Gasteiger partial charge is 0.464 e. The highest BCUT2D eigenvalue weighted by Gasteiger charge is 2.37. The first-order valence-corrected chi connectivity index (χ1v) is 18.5. The molecule has 2 aromatic heterocycles. The third-order valence-corrected chi connectivity index (χ3v) is 12.1. The van der Waals surface area contributed by atoms with Gasteiger partial charge in [0.25, 0.3) is 0 Å². The Bertz CT molecular complexity index is 2860. The first-order chi connectivity index (χ1) is 25.5. The van der Waals surface area contributed by atoms with Crippen LogP contribution in [0.5, 0.6) is 5.75 Å². The summed E-state index contributed by atoms with van der Waals surface area (Å²) in [6.45, 7) is 4.74. The fourth-order valence-corrected chi connectivity index (χ4v) is 9.55. The Kier molecular flexibility index (Phi) is 6.20. The van der Waals surface area contributed by atoms with E-state index in [0.717, 1.165) is 44.8 Å². The van der Waals surface area contributed by atoms with Crippen molar-refractivity contribution in [2.45, 2.75) is 25.5 Å². The first kappa shape index (κ1) is 29.5. The van der Waals surface area contributed by atoms with E-state index in [1.807, 2.05) is 59.9 Å². The van der Waals surface area contributed by atoms with Crippen molar-refractivity contribution in [3.05, 3.63) is 162 Å². The number of benzene rings is 7. The Labute approximate surface area is 305 Å². The van der Waals surface area contributed by atoms with Crippen molar-refractivity contribution in [3.63, 3.8) is 0 Å². The molecule has 1 unspecified atom stereocenters. The smallest absolute Gasteiger partial charge is 0.227 e. The van der Waals surface area contributed by atoms with Gasteiger partial charge in [-0.15, -0.1) is 11.3 Å². The predicted molar refractivity (Wildman–Crippen MR) is 214 cm³/mol. The van der Waals surface area contributed by atoms with E-state index in [4.69, 9.17) is 14.1 Å². The number of anilines is 1. The standard InChI is InChI=1S/C47H32N2O2S/c1-47(2)36-21-20-34-33-12-3-8-17-42(33)52-44(34)43(36)35-19-18-29(26-37(35)47)27-10-9-11-28(22-27)30-23-31(45-48-38-13-4-6-15-40(38)50-45)25-32(24-30)46-49-39-14-5-7-16-41(39)51-46/h3-26,45,48H,1-2H3. The Morgan fingerprint density at radius 2 is 1.40 bits per heavy atom. The number of rotatable bonds is 4. The van der Waals surface area contributed by atoms with Gasteiger partial charge in [-0.25, -0.2) is 4.98 Å². The van der Waals surface area contributed by atoms with Gasteiger partial charge in [0.1, 0.15) is 11.3 Å². The lowest BCUT2D eigenvalue weighted by Crippen LogP contribution is -2.14. The average Bonchev–Trinajstić information content (AvgIpc) is 3.96. The third-order valence-electron chi connectivity index (χ3n) is 10.9. The summed E-state index contributed by atoms with van der Waals surface area (Å²) in [5.74, 6) is 1.43. The Morgan fingerprint density at radius 1 is 0.635 bits per heavy atom. The molecular formula is C47H32N2O2S. The molecule has 9 aromatic rings. The molecule has 52 heavy (non-hydrogen) atoms. The molecule has 248 valence electrons. The van der Waals surface area contributed by atoms with Gasteiger partial charge in [0, 0.05) is 42.3 Å². The van der Waals surface area contributed by atoms with E-state index < -0.39 is 0 Å². The number of hydrogen-bond acceptors (Lipinski definition) is 5. The maximum absolute atomic E-state index is 6.40. The van der Waals surface area contributed by atoms with Crippen molar-refractivity contribution >= 4 is 48.3 Å². The second-order valence-corrected chi connectivity index (χ2v) is 15.5. The number of oxazole rings is 1. The fraction of sp³-hybridized carbons (Fsp3) is 0.0851. The van der Waals surface area contributed by atoms with Crippen molar-refractivity contribution in [3.8, 4) is 50.6 Å². The van der Waals surface area contributed by atoms with Gasteiger partial charge in [0.05, 0.1) is 5.69 Å². The van der Waals surface area contributed by atoms with Gasteiger partial charge in [-0.05, 0) is 99.6 Å². The SMILES string of the molecule is CC1(C)c2cc(-c3cccc(-c4cc(-c5nc6ccccc6o5)cc(C5Nc6ccccc6O5)c4)c3)ccc2-c2c1ccc1c2sc2ccccc21. The van der Waals surface area contributed by atoms with Crippen LogP contribution in [0.25, 0.3) is 76.1 Å². The molecule has 4 nitrogen and oxygen atoms in total. The highest BCUT2D eigenvalue weighted by molar-refractivity contribution is 7.26. The van der Waals surface area contributed by atoms with Crippen LogP contribution in [0.3, 0.4) is 0 Å². The molecule has 5 heteroatoms. The van der Waals surface area contributed by atoms with Gasteiger partial charge in [-0.1, -0.05) is 98.8 Å². The summed E-state index contributed by atoms with van der Waals surface area (Å²) >= 11 is 1.91. The quantitative estimate of drug-likeness (QED) is 0.200. The zero-order chi connectivity index (χ0) is 34.6. The number of ether oxygens (including phenoxy) is 1. The Hall–Kier alpha value is -6.17. The molecule has 0 radical (unpaired) electrons. The molecule has 0 spiro atoms. The molecule has 1 atom stereocenters. The minimum atomic E-state index is -0.336. The van der Waals surface area contributed by atoms with E-state index >= 15 is 0 Å². The third kappa shape index (κ3) is 4.42. The van der Waals surface area contributed by atoms with E-state index in [0.29, 0.717) is 5.89 Å². The summed E-state index contributed by atoms with van der Waals surface area (Å²) in [4.78, 5) is 4.86. The van der Waals surface area contributed by atoms with E-state index in [1.165, 1.54) is 53.6 Å². The molecule has 7 aromatic carbocycles. The van der Waals surface area contributed by atoms with Crippen LogP contribution in [-0.2, 0) is 5.41 Å². The second-order valence-electron chi connectivity index (χ2n) is 14.4. The minimum absolute atomic E-state index is 0.114. The van der Waals surface area contributed by atoms with E-state index in [2.05, 4.69) is 116 Å². The summed E-state index contributed by atoms with van der Waals surface area (Å²) < 4.78 is 15.4. The van der Waals surface area contributed by atoms with Gasteiger partial charge in [-0.3, -0.25) is 0 Å². The maximum atomic E-state index is 6.40. The molecule has 1 aliphatic heterocycles. The van der Waals surface area contributed by atoms with Crippen molar-refractivity contribution in [1.29, 1.82) is 0 Å². The van der Waals surface area contributed by atoms with Gasteiger partial charge >= 0.3 is 0 Å². The van der Waals surface area contributed by atoms with Gasteiger partial charge in [0.15, 0.2) is 11.8 Å². The second kappa shape index (κ2) is 10.9. The number of fused-ring (bicyclic) bond motifs is 9. The summed E-state index contributed by atoms with van der Waals surface area (Å²) in [5.41, 5.74) is 14.5. The van der Waals surface area contributed by atoms with Crippen LogP contribution in [0.2, 0.25) is 0 Å². The van der Waals surface area contributed by atoms with Crippen LogP contribution >= 0.6 is 11.3 Å². The van der Waals surface area contributed by atoms with Crippen molar-refractivity contribution in [2.75, 3.05) is 5.32 Å². The molecule has 0 saturated carbocycles. The molecule has 2 aliphatic rings. The van der Waals surface area contributed by atoms with E-state index in [-0.39, 0.29) is 11.6 Å². The summed E-state index contributed by atoms with van der Waals surface area (Å²) in [6, 6.07) is 51.9. The summed E-state index contributed by atoms with van der Waals surface area (Å²) in [7, 11) is 0. The topological polar surface area (TPSA) is 47.3 Å². The van der Waals surface area contributed by atoms with Crippen molar-refractivity contribution in [1.82, 2.24) is 4.98 Å². The van der Waals surface area contributed by atoms with Crippen LogP contribution in [0, 0.1) is 0 Å².